The fourth-order valence-corrected chi connectivity index (χ4v) is 2.53. The van der Waals surface area contributed by atoms with Crippen molar-refractivity contribution in [3.8, 4) is 0 Å². The molecular formula is C17H26BrNO2. The number of halogens is 1. The molecule has 21 heavy (non-hydrogen) atoms. The first-order valence-corrected chi connectivity index (χ1v) is 8.60. The summed E-state index contributed by atoms with van der Waals surface area (Å²) >= 11 is 3.63. The van der Waals surface area contributed by atoms with Crippen molar-refractivity contribution in [1.82, 2.24) is 5.32 Å². The van der Waals surface area contributed by atoms with Crippen LogP contribution < -0.4 is 5.32 Å². The summed E-state index contributed by atoms with van der Waals surface area (Å²) in [6.07, 6.45) is 2.65. The second kappa shape index (κ2) is 8.89. The predicted octanol–water partition coefficient (Wildman–Crippen LogP) is 3.89. The zero-order valence-electron chi connectivity index (χ0n) is 13.0. The molecule has 0 amide bonds. The first-order valence-electron chi connectivity index (χ1n) is 7.81. The molecule has 1 saturated carbocycles. The molecule has 0 aromatic heterocycles. The van der Waals surface area contributed by atoms with Gasteiger partial charge in [0.2, 0.25) is 0 Å². The van der Waals surface area contributed by atoms with Gasteiger partial charge in [0.05, 0.1) is 19.8 Å². The number of nitrogens with one attached hydrogen (secondary N) is 1. The average Bonchev–Trinajstić information content (AvgIpc) is 3.26. The highest BCUT2D eigenvalue weighted by Crippen LogP contribution is 2.22. The monoisotopic (exact) mass is 355 g/mol. The lowest BCUT2D eigenvalue weighted by Gasteiger charge is -2.10. The van der Waals surface area contributed by atoms with Crippen molar-refractivity contribution in [1.29, 1.82) is 0 Å². The van der Waals surface area contributed by atoms with Crippen LogP contribution in [0.2, 0.25) is 0 Å². The highest BCUT2D eigenvalue weighted by atomic mass is 79.9. The summed E-state index contributed by atoms with van der Waals surface area (Å²) in [6.45, 7) is 7.99. The SMILES string of the molecule is CC(C)COCCOCc1ccc(CNC2CC2)cc1Br. The minimum atomic E-state index is 0.580. The van der Waals surface area contributed by atoms with Gasteiger partial charge in [0.25, 0.3) is 0 Å². The van der Waals surface area contributed by atoms with Crippen LogP contribution in [0.3, 0.4) is 0 Å². The molecule has 0 saturated heterocycles. The highest BCUT2D eigenvalue weighted by molar-refractivity contribution is 9.10. The van der Waals surface area contributed by atoms with Crippen molar-refractivity contribution in [3.63, 3.8) is 0 Å². The molecule has 1 fully saturated rings. The average molecular weight is 356 g/mol. The maximum Gasteiger partial charge on any atom is 0.0728 e. The van der Waals surface area contributed by atoms with Crippen molar-refractivity contribution in [2.75, 3.05) is 19.8 Å². The third kappa shape index (κ3) is 6.92. The van der Waals surface area contributed by atoms with Crippen LogP contribution in [-0.2, 0) is 22.6 Å². The molecule has 4 heteroatoms. The van der Waals surface area contributed by atoms with Gasteiger partial charge in [-0.05, 0) is 36.0 Å². The Hall–Kier alpha value is -0.420. The normalized spacial score (nSPS) is 14.9. The van der Waals surface area contributed by atoms with Crippen LogP contribution in [0.4, 0.5) is 0 Å². The predicted molar refractivity (Wildman–Crippen MR) is 89.3 cm³/mol. The summed E-state index contributed by atoms with van der Waals surface area (Å²) < 4.78 is 12.3. The summed E-state index contributed by atoms with van der Waals surface area (Å²) in [5.74, 6) is 0.580. The van der Waals surface area contributed by atoms with Crippen LogP contribution in [0.5, 0.6) is 0 Å². The minimum Gasteiger partial charge on any atom is -0.379 e. The Labute approximate surface area is 136 Å². The van der Waals surface area contributed by atoms with Crippen molar-refractivity contribution in [3.05, 3.63) is 33.8 Å². The first kappa shape index (κ1) is 16.9. The largest absolute Gasteiger partial charge is 0.379 e. The molecule has 1 N–H and O–H groups in total. The summed E-state index contributed by atoms with van der Waals surface area (Å²) in [6, 6.07) is 7.25. The molecule has 0 bridgehead atoms. The number of hydrogen-bond acceptors (Lipinski definition) is 3. The lowest BCUT2D eigenvalue weighted by atomic mass is 10.1. The van der Waals surface area contributed by atoms with Crippen LogP contribution in [0.25, 0.3) is 0 Å². The molecule has 1 aliphatic carbocycles. The topological polar surface area (TPSA) is 30.5 Å². The van der Waals surface area contributed by atoms with E-state index in [4.69, 9.17) is 9.47 Å². The number of hydrogen-bond donors (Lipinski definition) is 1. The van der Waals surface area contributed by atoms with Gasteiger partial charge in [0.15, 0.2) is 0 Å². The van der Waals surface area contributed by atoms with E-state index in [1.54, 1.807) is 0 Å². The Morgan fingerprint density at radius 2 is 2.00 bits per heavy atom. The van der Waals surface area contributed by atoms with Gasteiger partial charge in [0.1, 0.15) is 0 Å². The smallest absolute Gasteiger partial charge is 0.0728 e. The number of benzene rings is 1. The molecule has 0 aliphatic heterocycles. The van der Waals surface area contributed by atoms with Gasteiger partial charge in [-0.2, -0.15) is 0 Å². The second-order valence-corrected chi connectivity index (χ2v) is 6.96. The van der Waals surface area contributed by atoms with Gasteiger partial charge in [-0.25, -0.2) is 0 Å². The molecule has 2 rings (SSSR count). The third-order valence-corrected chi connectivity index (χ3v) is 4.11. The Morgan fingerprint density at radius 3 is 2.67 bits per heavy atom. The van der Waals surface area contributed by atoms with Crippen molar-refractivity contribution in [2.24, 2.45) is 5.92 Å². The van der Waals surface area contributed by atoms with Crippen LogP contribution in [0.1, 0.15) is 37.8 Å². The Balaban J connectivity index is 1.65. The van der Waals surface area contributed by atoms with Crippen LogP contribution in [-0.4, -0.2) is 25.9 Å². The van der Waals surface area contributed by atoms with E-state index in [0.29, 0.717) is 25.7 Å². The Morgan fingerprint density at radius 1 is 1.24 bits per heavy atom. The fraction of sp³-hybridized carbons (Fsp3) is 0.647. The minimum absolute atomic E-state index is 0.580. The lowest BCUT2D eigenvalue weighted by Crippen LogP contribution is -2.15. The summed E-state index contributed by atoms with van der Waals surface area (Å²) in [5, 5.41) is 3.53. The van der Waals surface area contributed by atoms with Gasteiger partial charge in [-0.15, -0.1) is 0 Å². The molecule has 118 valence electrons. The number of rotatable bonds is 10. The Bertz CT molecular complexity index is 433. The van der Waals surface area contributed by atoms with Gasteiger partial charge >= 0.3 is 0 Å². The fourth-order valence-electron chi connectivity index (χ4n) is 1.99. The quantitative estimate of drug-likeness (QED) is 0.645. The molecule has 1 aliphatic rings. The van der Waals surface area contributed by atoms with Gasteiger partial charge in [-0.1, -0.05) is 41.9 Å². The van der Waals surface area contributed by atoms with E-state index in [9.17, 15) is 0 Å². The third-order valence-electron chi connectivity index (χ3n) is 3.37. The van der Waals surface area contributed by atoms with E-state index in [1.807, 2.05) is 0 Å². The lowest BCUT2D eigenvalue weighted by molar-refractivity contribution is 0.0313. The molecule has 0 spiro atoms. The van der Waals surface area contributed by atoms with E-state index in [1.165, 1.54) is 24.0 Å². The zero-order valence-corrected chi connectivity index (χ0v) is 14.6. The van der Waals surface area contributed by atoms with E-state index in [-0.39, 0.29) is 0 Å². The number of ether oxygens (including phenoxy) is 2. The Kier molecular flexibility index (Phi) is 7.17. The highest BCUT2D eigenvalue weighted by Gasteiger charge is 2.19. The zero-order chi connectivity index (χ0) is 15.1. The molecular weight excluding hydrogens is 330 g/mol. The second-order valence-electron chi connectivity index (χ2n) is 6.10. The maximum absolute atomic E-state index is 5.66. The standard InChI is InChI=1S/C17H26BrNO2/c1-13(2)11-20-7-8-21-12-15-4-3-14(9-17(15)18)10-19-16-5-6-16/h3-4,9,13,16,19H,5-8,10-12H2,1-2H3. The van der Waals surface area contributed by atoms with E-state index in [2.05, 4.69) is 53.3 Å². The first-order chi connectivity index (χ1) is 10.1. The van der Waals surface area contributed by atoms with Gasteiger partial charge in [0, 0.05) is 23.7 Å². The molecule has 3 nitrogen and oxygen atoms in total. The molecule has 0 unspecified atom stereocenters. The maximum atomic E-state index is 5.66. The van der Waals surface area contributed by atoms with Crippen LogP contribution in [0.15, 0.2) is 22.7 Å². The molecule has 1 aromatic rings. The van der Waals surface area contributed by atoms with E-state index < -0.39 is 0 Å². The van der Waals surface area contributed by atoms with E-state index >= 15 is 0 Å². The van der Waals surface area contributed by atoms with Crippen LogP contribution >= 0.6 is 15.9 Å². The van der Waals surface area contributed by atoms with Gasteiger partial charge in [-0.3, -0.25) is 0 Å². The summed E-state index contributed by atoms with van der Waals surface area (Å²) in [4.78, 5) is 0. The molecule has 1 aromatic carbocycles. The van der Waals surface area contributed by atoms with Crippen molar-refractivity contribution >= 4 is 15.9 Å². The van der Waals surface area contributed by atoms with Gasteiger partial charge < -0.3 is 14.8 Å². The van der Waals surface area contributed by atoms with E-state index in [0.717, 1.165) is 23.7 Å². The molecule has 0 radical (unpaired) electrons. The molecule has 0 heterocycles. The van der Waals surface area contributed by atoms with Crippen LogP contribution in [0, 0.1) is 5.92 Å². The van der Waals surface area contributed by atoms with Crippen molar-refractivity contribution < 1.29 is 9.47 Å². The summed E-state index contributed by atoms with van der Waals surface area (Å²) in [5.41, 5.74) is 2.51. The van der Waals surface area contributed by atoms with Crippen molar-refractivity contribution in [2.45, 2.75) is 45.9 Å². The molecule has 0 atom stereocenters. The summed E-state index contributed by atoms with van der Waals surface area (Å²) in [7, 11) is 0.